The van der Waals surface area contributed by atoms with E-state index in [2.05, 4.69) is 5.32 Å². The van der Waals surface area contributed by atoms with Crippen LogP contribution in [0.4, 0.5) is 4.79 Å². The number of imide groups is 1. The van der Waals surface area contributed by atoms with Gasteiger partial charge in [0.05, 0.1) is 0 Å². The van der Waals surface area contributed by atoms with E-state index >= 15 is 0 Å². The van der Waals surface area contributed by atoms with Gasteiger partial charge < -0.3 is 11.1 Å². The lowest BCUT2D eigenvalue weighted by molar-refractivity contribution is -0.115. The highest BCUT2D eigenvalue weighted by Gasteiger charge is 2.10. The molecule has 0 unspecified atom stereocenters. The van der Waals surface area contributed by atoms with Crippen LogP contribution in [0, 0.1) is 0 Å². The van der Waals surface area contributed by atoms with Gasteiger partial charge in [0.15, 0.2) is 0 Å². The van der Waals surface area contributed by atoms with Gasteiger partial charge in [-0.2, -0.15) is 0 Å². The van der Waals surface area contributed by atoms with E-state index in [1.165, 1.54) is 0 Å². The zero-order valence-electron chi connectivity index (χ0n) is 9.63. The maximum absolute atomic E-state index is 11.6. The molecule has 5 heteroatoms. The number of amides is 3. The molecular formula is C12H17N3O2. The summed E-state index contributed by atoms with van der Waals surface area (Å²) in [5.41, 5.74) is 6.31. The van der Waals surface area contributed by atoms with Gasteiger partial charge in [-0.25, -0.2) is 4.79 Å². The summed E-state index contributed by atoms with van der Waals surface area (Å²) >= 11 is 0. The molecule has 0 saturated heterocycles. The van der Waals surface area contributed by atoms with Gasteiger partial charge in [-0.05, 0) is 18.5 Å². The van der Waals surface area contributed by atoms with E-state index < -0.39 is 6.03 Å². The van der Waals surface area contributed by atoms with E-state index in [0.717, 1.165) is 10.5 Å². The minimum atomic E-state index is -0.391. The van der Waals surface area contributed by atoms with Gasteiger partial charge in [-0.1, -0.05) is 30.3 Å². The molecule has 0 heterocycles. The third-order valence-corrected chi connectivity index (χ3v) is 2.28. The van der Waals surface area contributed by atoms with Gasteiger partial charge >= 0.3 is 6.03 Å². The van der Waals surface area contributed by atoms with Crippen LogP contribution in [0.25, 0.3) is 0 Å². The molecule has 0 aliphatic carbocycles. The zero-order valence-corrected chi connectivity index (χ0v) is 9.63. The third kappa shape index (κ3) is 4.65. The van der Waals surface area contributed by atoms with Crippen LogP contribution in [-0.4, -0.2) is 30.4 Å². The first-order chi connectivity index (χ1) is 8.27. The summed E-state index contributed by atoms with van der Waals surface area (Å²) in [6.45, 7) is 1.21. The fourth-order valence-corrected chi connectivity index (χ4v) is 1.34. The van der Waals surface area contributed by atoms with E-state index in [9.17, 15) is 9.59 Å². The van der Waals surface area contributed by atoms with Crippen molar-refractivity contribution in [2.24, 2.45) is 5.73 Å². The molecule has 1 aromatic rings. The number of benzene rings is 1. The Labute approximate surface area is 101 Å². The molecule has 92 valence electrons. The lowest BCUT2D eigenvalue weighted by atomic mass is 10.2. The highest BCUT2D eigenvalue weighted by molar-refractivity contribution is 5.84. The van der Waals surface area contributed by atoms with Crippen LogP contribution >= 0.6 is 0 Å². The molecule has 1 aromatic carbocycles. The number of nitrogens with one attached hydrogen (secondary N) is 1. The predicted octanol–water partition coefficient (Wildman–Crippen LogP) is 0.703. The summed E-state index contributed by atoms with van der Waals surface area (Å²) in [4.78, 5) is 23.4. The maximum atomic E-state index is 11.6. The van der Waals surface area contributed by atoms with Crippen molar-refractivity contribution >= 4 is 12.4 Å². The molecule has 17 heavy (non-hydrogen) atoms. The van der Waals surface area contributed by atoms with E-state index in [0.29, 0.717) is 32.5 Å². The molecular weight excluding hydrogens is 218 g/mol. The van der Waals surface area contributed by atoms with Crippen LogP contribution in [-0.2, 0) is 11.3 Å². The Morgan fingerprint density at radius 1 is 1.35 bits per heavy atom. The number of nitrogens with zero attached hydrogens (tertiary/aromatic N) is 1. The zero-order chi connectivity index (χ0) is 12.5. The van der Waals surface area contributed by atoms with Crippen molar-refractivity contribution in [2.45, 2.75) is 13.0 Å². The lowest BCUT2D eigenvalue weighted by Gasteiger charge is -2.15. The van der Waals surface area contributed by atoms with E-state index in [-0.39, 0.29) is 0 Å². The molecule has 3 N–H and O–H groups in total. The Morgan fingerprint density at radius 3 is 2.65 bits per heavy atom. The molecule has 0 radical (unpaired) electrons. The summed E-state index contributed by atoms with van der Waals surface area (Å²) in [6, 6.07) is 9.12. The quantitative estimate of drug-likeness (QED) is 0.713. The van der Waals surface area contributed by atoms with Gasteiger partial charge in [-0.3, -0.25) is 9.69 Å². The van der Waals surface area contributed by atoms with Crippen LogP contribution in [0.5, 0.6) is 0 Å². The SMILES string of the molecule is NCCCN(C=O)C(=O)NCc1ccccc1. The number of carbonyl (C=O) groups excluding carboxylic acids is 2. The van der Waals surface area contributed by atoms with Crippen LogP contribution < -0.4 is 11.1 Å². The highest BCUT2D eigenvalue weighted by Crippen LogP contribution is 1.98. The largest absolute Gasteiger partial charge is 0.334 e. The van der Waals surface area contributed by atoms with Crippen molar-refractivity contribution in [1.29, 1.82) is 0 Å². The molecule has 0 saturated carbocycles. The number of hydrogen-bond acceptors (Lipinski definition) is 3. The second-order valence-electron chi connectivity index (χ2n) is 3.59. The molecule has 3 amide bonds. The average molecular weight is 235 g/mol. The summed E-state index contributed by atoms with van der Waals surface area (Å²) in [6.07, 6.45) is 1.13. The van der Waals surface area contributed by atoms with Gasteiger partial charge in [-0.15, -0.1) is 0 Å². The molecule has 0 spiro atoms. The third-order valence-electron chi connectivity index (χ3n) is 2.28. The van der Waals surface area contributed by atoms with Crippen LogP contribution in [0.2, 0.25) is 0 Å². The average Bonchev–Trinajstić information content (AvgIpc) is 2.38. The smallest absolute Gasteiger partial charge is 0.324 e. The molecule has 0 aliphatic rings. The van der Waals surface area contributed by atoms with Crippen molar-refractivity contribution in [3.8, 4) is 0 Å². The lowest BCUT2D eigenvalue weighted by Crippen LogP contribution is -2.39. The van der Waals surface area contributed by atoms with E-state index in [1.54, 1.807) is 0 Å². The second kappa shape index (κ2) is 7.40. The summed E-state index contributed by atoms with van der Waals surface area (Å²) in [5, 5.41) is 2.67. The number of hydrogen-bond donors (Lipinski definition) is 2. The Kier molecular flexibility index (Phi) is 5.74. The second-order valence-corrected chi connectivity index (χ2v) is 3.59. The van der Waals surface area contributed by atoms with Crippen LogP contribution in [0.1, 0.15) is 12.0 Å². The van der Waals surface area contributed by atoms with Crippen molar-refractivity contribution in [3.05, 3.63) is 35.9 Å². The fraction of sp³-hybridized carbons (Fsp3) is 0.333. The summed E-state index contributed by atoms with van der Waals surface area (Å²) in [7, 11) is 0. The molecule has 0 aromatic heterocycles. The molecule has 0 aliphatic heterocycles. The Morgan fingerprint density at radius 2 is 2.06 bits per heavy atom. The summed E-state index contributed by atoms with van der Waals surface area (Å²) < 4.78 is 0. The van der Waals surface area contributed by atoms with Crippen molar-refractivity contribution in [2.75, 3.05) is 13.1 Å². The normalized spacial score (nSPS) is 9.71. The Hall–Kier alpha value is -1.88. The number of rotatable bonds is 6. The minimum absolute atomic E-state index is 0.348. The Balaban J connectivity index is 2.40. The number of nitrogens with two attached hydrogens (primary N) is 1. The van der Waals surface area contributed by atoms with E-state index in [4.69, 9.17) is 5.73 Å². The molecule has 0 atom stereocenters. The molecule has 5 nitrogen and oxygen atoms in total. The predicted molar refractivity (Wildman–Crippen MR) is 65.1 cm³/mol. The van der Waals surface area contributed by atoms with Gasteiger partial charge in [0.1, 0.15) is 0 Å². The highest BCUT2D eigenvalue weighted by atomic mass is 16.2. The number of carbonyl (C=O) groups is 2. The molecule has 0 fully saturated rings. The van der Waals surface area contributed by atoms with Crippen molar-refractivity contribution < 1.29 is 9.59 Å². The van der Waals surface area contributed by atoms with Gasteiger partial charge in [0.25, 0.3) is 0 Å². The molecule has 0 bridgehead atoms. The van der Waals surface area contributed by atoms with Crippen molar-refractivity contribution in [3.63, 3.8) is 0 Å². The van der Waals surface area contributed by atoms with E-state index in [1.807, 2.05) is 30.3 Å². The first-order valence-corrected chi connectivity index (χ1v) is 5.51. The van der Waals surface area contributed by atoms with Crippen LogP contribution in [0.3, 0.4) is 0 Å². The topological polar surface area (TPSA) is 75.4 Å². The minimum Gasteiger partial charge on any atom is -0.334 e. The maximum Gasteiger partial charge on any atom is 0.324 e. The standard InChI is InChI=1S/C12H17N3O2/c13-7-4-8-15(10-16)12(17)14-9-11-5-2-1-3-6-11/h1-3,5-6,10H,4,7-9,13H2,(H,14,17). The number of urea groups is 1. The van der Waals surface area contributed by atoms with Crippen molar-refractivity contribution in [1.82, 2.24) is 10.2 Å². The first-order valence-electron chi connectivity index (χ1n) is 5.51. The van der Waals surface area contributed by atoms with Gasteiger partial charge in [0.2, 0.25) is 6.41 Å². The monoisotopic (exact) mass is 235 g/mol. The van der Waals surface area contributed by atoms with Crippen LogP contribution in [0.15, 0.2) is 30.3 Å². The molecule has 1 rings (SSSR count). The summed E-state index contributed by atoms with van der Waals surface area (Å²) in [5.74, 6) is 0. The van der Waals surface area contributed by atoms with Gasteiger partial charge in [0, 0.05) is 13.1 Å². The first kappa shape index (κ1) is 13.2. The fourth-order valence-electron chi connectivity index (χ4n) is 1.34. The Bertz CT molecular complexity index is 354.